The van der Waals surface area contributed by atoms with Crippen molar-refractivity contribution < 1.29 is 5.79 Å². The quantitative estimate of drug-likeness (QED) is 0.170. The van der Waals surface area contributed by atoms with Gasteiger partial charge in [0.05, 0.1) is 21.3 Å². The molecule has 8 heteroatoms. The number of para-hydroxylation sites is 1. The van der Waals surface area contributed by atoms with Gasteiger partial charge in [-0.2, -0.15) is 0 Å². The standard InChI is InChI=1S/C47H28N6OS/c1-3-10-29(11-4-1)44-50-45(30-12-5-2-6-13-30)52-46(51-44)33-18-21-38-43(26-33)55-47(49-38)34-15-9-14-31(24-34)32-19-22-41-37(25-32)36-16-7-8-17-40(36)53(41)35-20-23-42-39(27-35)48-28-54-42/h1-28H/i28D. The molecule has 7 nitrogen and oxygen atoms in total. The van der Waals surface area contributed by atoms with Crippen LogP contribution in [0.25, 0.3) is 105 Å². The average Bonchev–Trinajstić information content (AvgIpc) is 3.96. The predicted octanol–water partition coefficient (Wildman–Crippen LogP) is 12.1. The summed E-state index contributed by atoms with van der Waals surface area (Å²) >= 11 is 1.66. The van der Waals surface area contributed by atoms with Crippen LogP contribution in [0.5, 0.6) is 0 Å². The molecule has 0 aliphatic carbocycles. The van der Waals surface area contributed by atoms with Crippen molar-refractivity contribution in [2.45, 2.75) is 0 Å². The van der Waals surface area contributed by atoms with Crippen LogP contribution in [0.4, 0.5) is 0 Å². The first-order chi connectivity index (χ1) is 27.6. The molecule has 0 atom stereocenters. The third-order valence-corrected chi connectivity index (χ3v) is 11.1. The van der Waals surface area contributed by atoms with Crippen molar-refractivity contribution in [3.05, 3.63) is 170 Å². The summed E-state index contributed by atoms with van der Waals surface area (Å²) in [5, 5.41) is 3.26. The highest BCUT2D eigenvalue weighted by atomic mass is 32.1. The predicted molar refractivity (Wildman–Crippen MR) is 222 cm³/mol. The number of rotatable bonds is 6. The third kappa shape index (κ3) is 5.47. The van der Waals surface area contributed by atoms with Crippen molar-refractivity contribution in [1.82, 2.24) is 29.5 Å². The summed E-state index contributed by atoms with van der Waals surface area (Å²) in [6, 6.07) is 55.9. The van der Waals surface area contributed by atoms with Crippen LogP contribution >= 0.6 is 11.3 Å². The second-order valence-electron chi connectivity index (χ2n) is 13.4. The van der Waals surface area contributed by atoms with Crippen LogP contribution in [0.2, 0.25) is 0 Å². The summed E-state index contributed by atoms with van der Waals surface area (Å²) < 4.78 is 16.6. The van der Waals surface area contributed by atoms with E-state index in [-0.39, 0.29) is 6.37 Å². The third-order valence-electron chi connectivity index (χ3n) is 9.98. The number of thiazole rings is 1. The highest BCUT2D eigenvalue weighted by molar-refractivity contribution is 7.21. The minimum absolute atomic E-state index is 0.0864. The SMILES string of the molecule is [2H]c1nc2cc(-n3c4ccccc4c4cc(-c5cccc(-c6nc7ccc(-c8nc(-c9ccccc9)nc(-c9ccccc9)n8)cc7s6)c5)ccc43)ccc2o1. The Kier molecular flexibility index (Phi) is 6.97. The maximum Gasteiger partial charge on any atom is 0.181 e. The van der Waals surface area contributed by atoms with Crippen LogP contribution in [-0.4, -0.2) is 29.5 Å². The van der Waals surface area contributed by atoms with Gasteiger partial charge >= 0.3 is 0 Å². The fraction of sp³-hybridized carbons (Fsp3) is 0. The topological polar surface area (TPSA) is 82.5 Å². The van der Waals surface area contributed by atoms with Crippen molar-refractivity contribution in [2.24, 2.45) is 0 Å². The molecule has 7 aromatic carbocycles. The molecule has 0 unspecified atom stereocenters. The number of oxazole rings is 1. The Balaban J connectivity index is 0.964. The fourth-order valence-corrected chi connectivity index (χ4v) is 8.33. The van der Waals surface area contributed by atoms with Gasteiger partial charge in [-0.15, -0.1) is 11.3 Å². The van der Waals surface area contributed by atoms with E-state index in [1.807, 2.05) is 84.9 Å². The number of hydrogen-bond donors (Lipinski definition) is 0. The van der Waals surface area contributed by atoms with E-state index in [1.165, 1.54) is 0 Å². The molecule has 0 radical (unpaired) electrons. The molecule has 0 fully saturated rings. The summed E-state index contributed by atoms with van der Waals surface area (Å²) in [4.78, 5) is 24.1. The van der Waals surface area contributed by atoms with Gasteiger partial charge in [-0.3, -0.25) is 0 Å². The first-order valence-corrected chi connectivity index (χ1v) is 18.7. The molecule has 4 heterocycles. The maximum absolute atomic E-state index is 7.84. The normalized spacial score (nSPS) is 11.9. The van der Waals surface area contributed by atoms with Gasteiger partial charge in [0.25, 0.3) is 0 Å². The van der Waals surface area contributed by atoms with Crippen LogP contribution in [0, 0.1) is 0 Å². The van der Waals surface area contributed by atoms with E-state index in [4.69, 9.17) is 25.7 Å². The summed E-state index contributed by atoms with van der Waals surface area (Å²) in [5.41, 5.74) is 11.4. The second-order valence-corrected chi connectivity index (χ2v) is 14.4. The molecule has 0 spiro atoms. The van der Waals surface area contributed by atoms with E-state index < -0.39 is 0 Å². The van der Waals surface area contributed by atoms with E-state index in [0.717, 1.165) is 76.1 Å². The summed E-state index contributed by atoms with van der Waals surface area (Å²) in [5.74, 6) is 1.89. The smallest absolute Gasteiger partial charge is 0.181 e. The van der Waals surface area contributed by atoms with E-state index in [1.54, 1.807) is 11.3 Å². The molecule has 0 N–H and O–H groups in total. The highest BCUT2D eigenvalue weighted by Crippen LogP contribution is 2.38. The van der Waals surface area contributed by atoms with Gasteiger partial charge in [0.15, 0.2) is 29.4 Å². The van der Waals surface area contributed by atoms with Crippen molar-refractivity contribution in [1.29, 1.82) is 0 Å². The zero-order valence-electron chi connectivity index (χ0n) is 30.1. The summed E-state index contributed by atoms with van der Waals surface area (Å²) in [6.45, 7) is 0. The Bertz CT molecular complexity index is 3220. The summed E-state index contributed by atoms with van der Waals surface area (Å²) in [6.07, 6.45) is -0.0864. The fourth-order valence-electron chi connectivity index (χ4n) is 7.33. The van der Waals surface area contributed by atoms with Crippen molar-refractivity contribution >= 4 is 54.5 Å². The lowest BCUT2D eigenvalue weighted by molar-refractivity contribution is 0.602. The molecule has 55 heavy (non-hydrogen) atoms. The first kappa shape index (κ1) is 30.2. The van der Waals surface area contributed by atoms with Gasteiger partial charge in [-0.25, -0.2) is 24.9 Å². The van der Waals surface area contributed by atoms with E-state index >= 15 is 0 Å². The van der Waals surface area contributed by atoms with Crippen LogP contribution in [0.3, 0.4) is 0 Å². The molecular formula is C47H28N6OS. The Labute approximate surface area is 320 Å². The Morgan fingerprint density at radius 3 is 1.93 bits per heavy atom. The molecule has 0 saturated heterocycles. The molecule has 11 rings (SSSR count). The van der Waals surface area contributed by atoms with Gasteiger partial charge < -0.3 is 8.98 Å². The largest absolute Gasteiger partial charge is 0.443 e. The van der Waals surface area contributed by atoms with Crippen LogP contribution in [-0.2, 0) is 0 Å². The van der Waals surface area contributed by atoms with E-state index in [0.29, 0.717) is 28.6 Å². The monoisotopic (exact) mass is 725 g/mol. The van der Waals surface area contributed by atoms with E-state index in [9.17, 15) is 0 Å². The van der Waals surface area contributed by atoms with Crippen molar-refractivity contribution in [3.8, 4) is 61.5 Å². The van der Waals surface area contributed by atoms with Gasteiger partial charge in [-0.05, 0) is 71.8 Å². The second kappa shape index (κ2) is 12.7. The minimum atomic E-state index is -0.0864. The highest BCUT2D eigenvalue weighted by Gasteiger charge is 2.17. The van der Waals surface area contributed by atoms with Crippen LogP contribution in [0.1, 0.15) is 1.37 Å². The van der Waals surface area contributed by atoms with Crippen LogP contribution in [0.15, 0.2) is 175 Å². The van der Waals surface area contributed by atoms with Gasteiger partial charge in [0, 0.05) is 38.7 Å². The number of benzene rings is 7. The number of aromatic nitrogens is 6. The van der Waals surface area contributed by atoms with Gasteiger partial charge in [0.2, 0.25) is 0 Å². The molecule has 0 amide bonds. The molecule has 0 saturated carbocycles. The molecule has 0 aliphatic rings. The lowest BCUT2D eigenvalue weighted by Crippen LogP contribution is -1.99. The first-order valence-electron chi connectivity index (χ1n) is 18.4. The maximum atomic E-state index is 7.84. The van der Waals surface area contributed by atoms with Gasteiger partial charge in [0.1, 0.15) is 11.9 Å². The zero-order chi connectivity index (χ0) is 37.2. The average molecular weight is 726 g/mol. The van der Waals surface area contributed by atoms with Crippen molar-refractivity contribution in [3.63, 3.8) is 0 Å². The van der Waals surface area contributed by atoms with Gasteiger partial charge in [-0.1, -0.05) is 103 Å². The molecule has 0 aliphatic heterocycles. The molecular weight excluding hydrogens is 697 g/mol. The Morgan fingerprint density at radius 2 is 1.13 bits per heavy atom. The molecule has 4 aromatic heterocycles. The summed E-state index contributed by atoms with van der Waals surface area (Å²) in [7, 11) is 0. The Hall–Kier alpha value is -7.29. The van der Waals surface area contributed by atoms with Crippen molar-refractivity contribution in [2.75, 3.05) is 0 Å². The number of fused-ring (bicyclic) bond motifs is 5. The van der Waals surface area contributed by atoms with Crippen LogP contribution < -0.4 is 0 Å². The van der Waals surface area contributed by atoms with E-state index in [2.05, 4.69) is 88.4 Å². The minimum Gasteiger partial charge on any atom is -0.443 e. The molecule has 258 valence electrons. The molecule has 0 bridgehead atoms. The number of hydrogen-bond acceptors (Lipinski definition) is 7. The molecule has 11 aromatic rings. The lowest BCUT2D eigenvalue weighted by atomic mass is 10.0. The zero-order valence-corrected chi connectivity index (χ0v) is 29.9. The number of nitrogens with zero attached hydrogens (tertiary/aromatic N) is 6. The Morgan fingerprint density at radius 1 is 0.473 bits per heavy atom. The lowest BCUT2D eigenvalue weighted by Gasteiger charge is -2.08.